The highest BCUT2D eigenvalue weighted by Crippen LogP contribution is 2.27. The Kier molecular flexibility index (Phi) is 12.8. The molecule has 0 aromatic heterocycles. The molecule has 2 aliphatic heterocycles. The van der Waals surface area contributed by atoms with Crippen LogP contribution in [0.1, 0.15) is 87.5 Å². The first-order valence-electron chi connectivity index (χ1n) is 15.7. The van der Waals surface area contributed by atoms with Gasteiger partial charge in [-0.2, -0.15) is 0 Å². The first-order chi connectivity index (χ1) is 19.5. The Bertz CT molecular complexity index is 1010. The predicted molar refractivity (Wildman–Crippen MR) is 169 cm³/mol. The number of hydrogen-bond acceptors (Lipinski definition) is 5. The molecule has 2 saturated heterocycles. The third kappa shape index (κ3) is 8.68. The summed E-state index contributed by atoms with van der Waals surface area (Å²) in [6.07, 6.45) is 7.78. The molecule has 9 nitrogen and oxygen atoms in total. The van der Waals surface area contributed by atoms with E-state index in [-0.39, 0.29) is 47.7 Å². The zero-order chi connectivity index (χ0) is 31.9. The van der Waals surface area contributed by atoms with E-state index in [4.69, 9.17) is 0 Å². The van der Waals surface area contributed by atoms with Crippen molar-refractivity contribution in [3.05, 3.63) is 24.3 Å². The molecule has 1 unspecified atom stereocenters. The summed E-state index contributed by atoms with van der Waals surface area (Å²) >= 11 is 0. The fourth-order valence-electron chi connectivity index (χ4n) is 6.20. The molecule has 2 heterocycles. The van der Waals surface area contributed by atoms with E-state index in [0.717, 1.165) is 32.2 Å². The van der Waals surface area contributed by atoms with Crippen molar-refractivity contribution in [2.24, 2.45) is 11.3 Å². The minimum atomic E-state index is -0.724. The number of likely N-dealkylation sites (tertiary alicyclic amines) is 2. The van der Waals surface area contributed by atoms with Gasteiger partial charge >= 0.3 is 0 Å². The van der Waals surface area contributed by atoms with E-state index >= 15 is 0 Å². The molecule has 0 bridgehead atoms. The molecule has 9 heteroatoms. The van der Waals surface area contributed by atoms with Gasteiger partial charge in [0.05, 0.1) is 12.1 Å². The van der Waals surface area contributed by atoms with Crippen LogP contribution < -0.4 is 5.32 Å². The van der Waals surface area contributed by atoms with Crippen LogP contribution in [0.4, 0.5) is 0 Å². The number of hydrogen-bond donors (Lipinski definition) is 1. The molecule has 2 fully saturated rings. The molecule has 0 saturated carbocycles. The van der Waals surface area contributed by atoms with Gasteiger partial charge in [-0.3, -0.25) is 24.1 Å². The van der Waals surface area contributed by atoms with Crippen molar-refractivity contribution in [2.45, 2.75) is 118 Å². The van der Waals surface area contributed by atoms with E-state index in [0.29, 0.717) is 25.1 Å². The standard InChI is InChI=1S/C33H57N5O4/c1-12-18-35(10)31(41)26-17-15-20-38(26)30(40)24(6)21-27(22(2)3)36(11)32(42)28(33(7,8)9)34-29(39)25-16-13-14-19-37(25)23(4)5/h12,21-23,25-28H,1,13-20H2,2-11H3,(H,34,39)/b24-21+/t25?,26-,27+,28+/m0/s1. The quantitative estimate of drug-likeness (QED) is 0.293. The molecule has 0 aliphatic carbocycles. The smallest absolute Gasteiger partial charge is 0.249 e. The van der Waals surface area contributed by atoms with Crippen LogP contribution in [0.15, 0.2) is 24.3 Å². The molecule has 0 aromatic carbocycles. The Morgan fingerprint density at radius 1 is 0.976 bits per heavy atom. The fraction of sp³-hybridized carbons (Fsp3) is 0.758. The summed E-state index contributed by atoms with van der Waals surface area (Å²) in [4.78, 5) is 61.4. The van der Waals surface area contributed by atoms with Crippen LogP contribution in [0.2, 0.25) is 0 Å². The van der Waals surface area contributed by atoms with Crippen molar-refractivity contribution >= 4 is 23.6 Å². The van der Waals surface area contributed by atoms with Crippen LogP contribution in [-0.4, -0.2) is 107 Å². The molecule has 0 aromatic rings. The van der Waals surface area contributed by atoms with E-state index in [1.807, 2.05) is 40.7 Å². The number of amides is 4. The van der Waals surface area contributed by atoms with Gasteiger partial charge in [0.1, 0.15) is 12.1 Å². The first kappa shape index (κ1) is 35.5. The molecule has 238 valence electrons. The number of nitrogens with zero attached hydrogens (tertiary/aromatic N) is 4. The van der Waals surface area contributed by atoms with Gasteiger partial charge in [-0.05, 0) is 64.3 Å². The lowest BCUT2D eigenvalue weighted by Crippen LogP contribution is -2.60. The van der Waals surface area contributed by atoms with Gasteiger partial charge < -0.3 is 20.0 Å². The molecule has 42 heavy (non-hydrogen) atoms. The van der Waals surface area contributed by atoms with Crippen LogP contribution in [0.25, 0.3) is 0 Å². The predicted octanol–water partition coefficient (Wildman–Crippen LogP) is 3.84. The molecule has 0 spiro atoms. The number of carbonyl (C=O) groups excluding carboxylic acids is 4. The van der Waals surface area contributed by atoms with Gasteiger partial charge in [0.15, 0.2) is 0 Å². The van der Waals surface area contributed by atoms with Crippen LogP contribution in [0.5, 0.6) is 0 Å². The minimum Gasteiger partial charge on any atom is -0.342 e. The molecule has 0 radical (unpaired) electrons. The first-order valence-corrected chi connectivity index (χ1v) is 15.7. The van der Waals surface area contributed by atoms with Gasteiger partial charge in [0.2, 0.25) is 23.6 Å². The lowest BCUT2D eigenvalue weighted by Gasteiger charge is -2.41. The average molecular weight is 588 g/mol. The summed E-state index contributed by atoms with van der Waals surface area (Å²) in [6, 6.07) is -1.59. The van der Waals surface area contributed by atoms with Crippen LogP contribution in [-0.2, 0) is 19.2 Å². The molecule has 2 aliphatic rings. The zero-order valence-corrected chi connectivity index (χ0v) is 27.9. The lowest BCUT2D eigenvalue weighted by molar-refractivity contribution is -0.142. The minimum absolute atomic E-state index is 0.0162. The SMILES string of the molecule is C=CCN(C)C(=O)[C@@H]1CCCN1C(=O)/C(C)=C/[C@H](C(C)C)N(C)C(=O)[C@@H](NC(=O)C1CCCCN1C(C)C)C(C)(C)C. The van der Waals surface area contributed by atoms with Crippen molar-refractivity contribution < 1.29 is 19.2 Å². The molecular weight excluding hydrogens is 530 g/mol. The van der Waals surface area contributed by atoms with Crippen molar-refractivity contribution in [1.82, 2.24) is 24.9 Å². The second-order valence-corrected chi connectivity index (χ2v) is 13.8. The summed E-state index contributed by atoms with van der Waals surface area (Å²) in [5, 5.41) is 3.13. The summed E-state index contributed by atoms with van der Waals surface area (Å²) in [6.45, 7) is 21.4. The van der Waals surface area contributed by atoms with E-state index < -0.39 is 17.5 Å². The Morgan fingerprint density at radius 2 is 1.60 bits per heavy atom. The van der Waals surface area contributed by atoms with Crippen molar-refractivity contribution in [1.29, 1.82) is 0 Å². The third-order valence-corrected chi connectivity index (χ3v) is 8.72. The lowest BCUT2D eigenvalue weighted by atomic mass is 9.84. The summed E-state index contributed by atoms with van der Waals surface area (Å²) in [5.74, 6) is -0.532. The third-order valence-electron chi connectivity index (χ3n) is 8.72. The average Bonchev–Trinajstić information content (AvgIpc) is 3.41. The zero-order valence-electron chi connectivity index (χ0n) is 27.9. The van der Waals surface area contributed by atoms with Crippen LogP contribution in [0.3, 0.4) is 0 Å². The van der Waals surface area contributed by atoms with Gasteiger partial charge in [-0.1, -0.05) is 53.2 Å². The summed E-state index contributed by atoms with van der Waals surface area (Å²) in [5.41, 5.74) is -0.0137. The maximum Gasteiger partial charge on any atom is 0.249 e. The van der Waals surface area contributed by atoms with Gasteiger partial charge in [0, 0.05) is 38.8 Å². The highest BCUT2D eigenvalue weighted by Gasteiger charge is 2.40. The van der Waals surface area contributed by atoms with E-state index in [2.05, 4.69) is 30.6 Å². The van der Waals surface area contributed by atoms with Gasteiger partial charge in [-0.15, -0.1) is 6.58 Å². The topological polar surface area (TPSA) is 93.3 Å². The number of nitrogens with one attached hydrogen (secondary N) is 1. The van der Waals surface area contributed by atoms with Gasteiger partial charge in [-0.25, -0.2) is 0 Å². The van der Waals surface area contributed by atoms with Crippen molar-refractivity contribution in [2.75, 3.05) is 33.7 Å². The van der Waals surface area contributed by atoms with E-state index in [1.165, 1.54) is 0 Å². The Balaban J connectivity index is 2.27. The van der Waals surface area contributed by atoms with Crippen LogP contribution >= 0.6 is 0 Å². The highest BCUT2D eigenvalue weighted by atomic mass is 16.2. The highest BCUT2D eigenvalue weighted by molar-refractivity contribution is 5.97. The van der Waals surface area contributed by atoms with Crippen LogP contribution in [0, 0.1) is 11.3 Å². The Morgan fingerprint density at radius 3 is 2.14 bits per heavy atom. The molecule has 4 amide bonds. The number of carbonyl (C=O) groups is 4. The summed E-state index contributed by atoms with van der Waals surface area (Å²) < 4.78 is 0. The Labute approximate surface area is 254 Å². The second-order valence-electron chi connectivity index (χ2n) is 13.8. The number of rotatable bonds is 11. The maximum absolute atomic E-state index is 14.1. The normalized spacial score (nSPS) is 21.7. The van der Waals surface area contributed by atoms with Crippen molar-refractivity contribution in [3.8, 4) is 0 Å². The molecule has 2 rings (SSSR count). The number of likely N-dealkylation sites (N-methyl/N-ethyl adjacent to an activating group) is 2. The van der Waals surface area contributed by atoms with Gasteiger partial charge in [0.25, 0.3) is 0 Å². The molecule has 4 atom stereocenters. The van der Waals surface area contributed by atoms with E-state index in [9.17, 15) is 19.2 Å². The van der Waals surface area contributed by atoms with E-state index in [1.54, 1.807) is 41.8 Å². The second kappa shape index (κ2) is 15.2. The van der Waals surface area contributed by atoms with Crippen molar-refractivity contribution in [3.63, 3.8) is 0 Å². The molecule has 1 N–H and O–H groups in total. The largest absolute Gasteiger partial charge is 0.342 e. The number of piperidine rings is 1. The fourth-order valence-corrected chi connectivity index (χ4v) is 6.20. The monoisotopic (exact) mass is 587 g/mol. The maximum atomic E-state index is 14.1. The Hall–Kier alpha value is -2.68. The molecular formula is C33H57N5O4. The summed E-state index contributed by atoms with van der Waals surface area (Å²) in [7, 11) is 3.47.